The SMILES string of the molecule is COC12C=CC(CC1)C2.[Cl][Pd][Cl]. The van der Waals surface area contributed by atoms with E-state index in [1.165, 1.54) is 19.3 Å². The van der Waals surface area contributed by atoms with Crippen LogP contribution in [0.25, 0.3) is 0 Å². The van der Waals surface area contributed by atoms with Gasteiger partial charge in [-0.2, -0.15) is 0 Å². The molecule has 2 unspecified atom stereocenters. The van der Waals surface area contributed by atoms with Gasteiger partial charge in [-0.3, -0.25) is 0 Å². The van der Waals surface area contributed by atoms with Crippen molar-refractivity contribution in [3.8, 4) is 0 Å². The number of ether oxygens (including phenoxy) is 1. The molecule has 2 aliphatic rings. The van der Waals surface area contributed by atoms with Gasteiger partial charge in [-0.15, -0.1) is 0 Å². The van der Waals surface area contributed by atoms with Crippen molar-refractivity contribution in [1.29, 1.82) is 0 Å². The number of allylic oxidation sites excluding steroid dienone is 1. The Balaban J connectivity index is 0.000000213. The van der Waals surface area contributed by atoms with Gasteiger partial charge in [-0.05, 0) is 25.2 Å². The van der Waals surface area contributed by atoms with Crippen molar-refractivity contribution in [2.45, 2.75) is 24.9 Å². The van der Waals surface area contributed by atoms with E-state index in [1.54, 1.807) is 0 Å². The minimum atomic E-state index is -0.106. The summed E-state index contributed by atoms with van der Waals surface area (Å²) >= 11 is -0.106. The molecule has 0 amide bonds. The Bertz CT molecular complexity index is 174. The normalized spacial score (nSPS) is 36.8. The van der Waals surface area contributed by atoms with Gasteiger partial charge >= 0.3 is 35.0 Å². The molecule has 0 aromatic carbocycles. The second kappa shape index (κ2) is 4.98. The zero-order chi connectivity index (χ0) is 9.03. The minimum absolute atomic E-state index is 0.106. The molecule has 0 spiro atoms. The zero-order valence-corrected chi connectivity index (χ0v) is 9.90. The Morgan fingerprint density at radius 3 is 2.42 bits per heavy atom. The van der Waals surface area contributed by atoms with E-state index in [-0.39, 0.29) is 21.5 Å². The fourth-order valence-electron chi connectivity index (χ4n) is 1.96. The van der Waals surface area contributed by atoms with Crippen molar-refractivity contribution in [2.24, 2.45) is 5.92 Å². The first-order valence-corrected chi connectivity index (χ1v) is 7.83. The number of rotatable bonds is 1. The van der Waals surface area contributed by atoms with Gasteiger partial charge in [0.1, 0.15) is 0 Å². The van der Waals surface area contributed by atoms with E-state index in [2.05, 4.69) is 12.2 Å². The molecule has 0 aliphatic heterocycles. The first kappa shape index (κ1) is 11.0. The van der Waals surface area contributed by atoms with Gasteiger partial charge in [0.25, 0.3) is 0 Å². The van der Waals surface area contributed by atoms with Crippen LogP contribution in [-0.4, -0.2) is 12.7 Å². The summed E-state index contributed by atoms with van der Waals surface area (Å²) in [6, 6.07) is 0. The van der Waals surface area contributed by atoms with Crippen molar-refractivity contribution >= 4 is 19.1 Å². The Labute approximate surface area is 89.6 Å². The summed E-state index contributed by atoms with van der Waals surface area (Å²) in [5.74, 6) is 0.838. The van der Waals surface area contributed by atoms with Gasteiger partial charge in [0.2, 0.25) is 0 Å². The molecular formula is C8H12Cl2OPd. The molecule has 2 atom stereocenters. The van der Waals surface area contributed by atoms with E-state index in [1.807, 2.05) is 7.11 Å². The molecule has 0 aromatic rings. The van der Waals surface area contributed by atoms with E-state index in [9.17, 15) is 0 Å². The van der Waals surface area contributed by atoms with Gasteiger partial charge < -0.3 is 4.74 Å². The maximum absolute atomic E-state index is 5.40. The first-order chi connectivity index (χ1) is 5.76. The third kappa shape index (κ3) is 2.47. The molecule has 12 heavy (non-hydrogen) atoms. The quantitative estimate of drug-likeness (QED) is 0.534. The van der Waals surface area contributed by atoms with Crippen molar-refractivity contribution in [3.05, 3.63) is 12.2 Å². The number of methoxy groups -OCH3 is 1. The van der Waals surface area contributed by atoms with Crippen molar-refractivity contribution < 1.29 is 20.7 Å². The molecular weight excluding hydrogens is 289 g/mol. The fourth-order valence-corrected chi connectivity index (χ4v) is 1.96. The van der Waals surface area contributed by atoms with E-state index >= 15 is 0 Å². The van der Waals surface area contributed by atoms with Crippen LogP contribution < -0.4 is 0 Å². The monoisotopic (exact) mass is 300 g/mol. The van der Waals surface area contributed by atoms with Crippen molar-refractivity contribution in [1.82, 2.24) is 0 Å². The number of halogens is 2. The molecule has 1 saturated carbocycles. The zero-order valence-electron chi connectivity index (χ0n) is 6.83. The fraction of sp³-hybridized carbons (Fsp3) is 0.750. The van der Waals surface area contributed by atoms with Crippen LogP contribution in [0.2, 0.25) is 0 Å². The molecule has 0 saturated heterocycles. The van der Waals surface area contributed by atoms with E-state index < -0.39 is 0 Å². The first-order valence-electron chi connectivity index (χ1n) is 3.83. The summed E-state index contributed by atoms with van der Waals surface area (Å²) < 4.78 is 5.40. The summed E-state index contributed by atoms with van der Waals surface area (Å²) in [4.78, 5) is 0. The molecule has 2 rings (SSSR count). The van der Waals surface area contributed by atoms with Crippen LogP contribution in [0.15, 0.2) is 12.2 Å². The predicted molar refractivity (Wildman–Crippen MR) is 47.9 cm³/mol. The van der Waals surface area contributed by atoms with Crippen molar-refractivity contribution in [2.75, 3.05) is 7.11 Å². The molecule has 0 N–H and O–H groups in total. The molecule has 0 heterocycles. The molecule has 1 fully saturated rings. The molecule has 0 aromatic heterocycles. The second-order valence-corrected chi connectivity index (χ2v) is 5.54. The van der Waals surface area contributed by atoms with Crippen LogP contribution in [0.3, 0.4) is 0 Å². The van der Waals surface area contributed by atoms with Crippen LogP contribution in [0, 0.1) is 5.92 Å². The summed E-state index contributed by atoms with van der Waals surface area (Å²) in [5, 5.41) is 0. The Morgan fingerprint density at radius 1 is 1.58 bits per heavy atom. The van der Waals surface area contributed by atoms with Crippen LogP contribution in [0.4, 0.5) is 0 Å². The molecule has 74 valence electrons. The second-order valence-electron chi connectivity index (χ2n) is 3.18. The van der Waals surface area contributed by atoms with E-state index in [4.69, 9.17) is 23.8 Å². The van der Waals surface area contributed by atoms with Crippen LogP contribution in [-0.2, 0) is 20.7 Å². The van der Waals surface area contributed by atoms with Gasteiger partial charge in [-0.1, -0.05) is 12.2 Å². The molecule has 2 aliphatic carbocycles. The topological polar surface area (TPSA) is 9.23 Å². The number of hydrogen-bond acceptors (Lipinski definition) is 1. The predicted octanol–water partition coefficient (Wildman–Crippen LogP) is 3.12. The Kier molecular flexibility index (Phi) is 4.57. The van der Waals surface area contributed by atoms with Crippen molar-refractivity contribution in [3.63, 3.8) is 0 Å². The molecule has 2 bridgehead atoms. The van der Waals surface area contributed by atoms with Crippen LogP contribution >= 0.6 is 19.1 Å². The van der Waals surface area contributed by atoms with Crippen LogP contribution in [0.5, 0.6) is 0 Å². The Hall–Kier alpha value is 0.942. The summed E-state index contributed by atoms with van der Waals surface area (Å²) in [6.45, 7) is 0. The van der Waals surface area contributed by atoms with E-state index in [0.29, 0.717) is 0 Å². The van der Waals surface area contributed by atoms with Gasteiger partial charge in [0.15, 0.2) is 0 Å². The van der Waals surface area contributed by atoms with E-state index in [0.717, 1.165) is 5.92 Å². The third-order valence-electron chi connectivity index (χ3n) is 2.62. The summed E-state index contributed by atoms with van der Waals surface area (Å²) in [6.07, 6.45) is 8.35. The number of fused-ring (bicyclic) bond motifs is 2. The number of hydrogen-bond donors (Lipinski definition) is 0. The average molecular weight is 302 g/mol. The molecule has 1 nitrogen and oxygen atoms in total. The molecule has 4 heteroatoms. The van der Waals surface area contributed by atoms with Gasteiger partial charge in [0, 0.05) is 7.11 Å². The standard InChI is InChI=1S/C8H12O.2ClH.Pd/c1-9-8-4-2-7(6-8)3-5-8;;;/h2,4,7H,3,5-6H2,1H3;2*1H;/q;;;+2/p-2. The molecule has 0 radical (unpaired) electrons. The van der Waals surface area contributed by atoms with Gasteiger partial charge in [0.05, 0.1) is 5.60 Å². The summed E-state index contributed by atoms with van der Waals surface area (Å²) in [7, 11) is 11.4. The maximum atomic E-state index is 5.40. The average Bonchev–Trinajstić information content (AvgIpc) is 2.65. The van der Waals surface area contributed by atoms with Gasteiger partial charge in [-0.25, -0.2) is 0 Å². The Morgan fingerprint density at radius 2 is 2.25 bits per heavy atom. The van der Waals surface area contributed by atoms with Crippen LogP contribution in [0.1, 0.15) is 19.3 Å². The third-order valence-corrected chi connectivity index (χ3v) is 2.62. The summed E-state index contributed by atoms with van der Waals surface area (Å²) in [5.41, 5.74) is 0.171.